The van der Waals surface area contributed by atoms with Gasteiger partial charge in [0.1, 0.15) is 22.3 Å². The minimum atomic E-state index is 0.841. The highest BCUT2D eigenvalue weighted by atomic mass is 16.3. The molecular formula is C110H70N4O2. The molecule has 0 N–H and O–H groups in total. The fourth-order valence-corrected chi connectivity index (χ4v) is 18.2. The lowest BCUT2D eigenvalue weighted by molar-refractivity contribution is 0.670. The molecule has 0 atom stereocenters. The highest BCUT2D eigenvalue weighted by Gasteiger charge is 2.26. The van der Waals surface area contributed by atoms with Crippen LogP contribution < -0.4 is 9.80 Å². The van der Waals surface area contributed by atoms with Crippen molar-refractivity contribution in [3.8, 4) is 78.1 Å². The van der Waals surface area contributed by atoms with Crippen molar-refractivity contribution in [3.63, 3.8) is 0 Å². The van der Waals surface area contributed by atoms with Crippen molar-refractivity contribution in [2.45, 2.75) is 0 Å². The normalized spacial score (nSPS) is 11.8. The van der Waals surface area contributed by atoms with Crippen LogP contribution in [0.3, 0.4) is 0 Å². The lowest BCUT2D eigenvalue weighted by atomic mass is 9.95. The zero-order valence-corrected chi connectivity index (χ0v) is 63.0. The van der Waals surface area contributed by atoms with E-state index in [1.165, 1.54) is 65.3 Å². The van der Waals surface area contributed by atoms with Gasteiger partial charge < -0.3 is 27.8 Å². The topological polar surface area (TPSA) is 42.6 Å². The standard InChI is InChI=1S/C110H70N4O2/c1-2-21-77-68-78(49-46-71(77)20-1)75-54-58-83(59-55-75)112(85-62-66-87(67-63-85)114-105-39-14-5-24-91(105)92-25-6-15-40-106(92)114)102-36-11-8-27-94(102)97-31-19-34-100-99-33-17-29-88(108(99)116-110(97)100)80-51-48-76-47-50-79(69-81(76)70-80)74-44-42-72(43-45-74)73-52-56-82(57-53-73)111(84-60-64-86(65-61-84)113-103-37-12-3-22-89(103)90-23-4-13-38-104(90)113)101-35-10-7-26-93(101)96-30-18-32-98-95-28-9-16-41-107(95)115-109(96)98/h1-70H. The molecule has 0 unspecified atom stereocenters. The van der Waals surface area contributed by atoms with Crippen molar-refractivity contribution in [1.29, 1.82) is 0 Å². The van der Waals surface area contributed by atoms with Crippen LogP contribution in [0.2, 0.25) is 0 Å². The molecule has 6 heteroatoms. The van der Waals surface area contributed by atoms with Crippen molar-refractivity contribution >= 4 is 143 Å². The lowest BCUT2D eigenvalue weighted by Crippen LogP contribution is -2.11. The largest absolute Gasteiger partial charge is 0.455 e. The quantitative estimate of drug-likeness (QED) is 0.109. The van der Waals surface area contributed by atoms with Crippen LogP contribution in [0, 0.1) is 0 Å². The van der Waals surface area contributed by atoms with E-state index in [0.717, 1.165) is 156 Å². The third-order valence-electron chi connectivity index (χ3n) is 23.7. The summed E-state index contributed by atoms with van der Waals surface area (Å²) in [4.78, 5) is 4.78. The van der Waals surface area contributed by atoms with Crippen LogP contribution in [0.4, 0.5) is 34.1 Å². The molecule has 0 saturated carbocycles. The molecule has 0 aliphatic heterocycles. The molecule has 6 nitrogen and oxygen atoms in total. The van der Waals surface area contributed by atoms with Crippen LogP contribution >= 0.6 is 0 Å². The Bertz CT molecular complexity index is 7710. The van der Waals surface area contributed by atoms with Crippen LogP contribution in [0.1, 0.15) is 0 Å². The van der Waals surface area contributed by atoms with Crippen LogP contribution in [0.15, 0.2) is 433 Å². The van der Waals surface area contributed by atoms with Gasteiger partial charge in [-0.05, 0) is 194 Å². The predicted molar refractivity (Wildman–Crippen MR) is 487 cm³/mol. The number of para-hydroxylation sites is 10. The first-order valence-corrected chi connectivity index (χ1v) is 39.7. The summed E-state index contributed by atoms with van der Waals surface area (Å²) in [7, 11) is 0. The van der Waals surface area contributed by atoms with Crippen LogP contribution in [0.25, 0.3) is 187 Å². The Balaban J connectivity index is 0.568. The smallest absolute Gasteiger partial charge is 0.143 e. The Morgan fingerprint density at radius 3 is 0.966 bits per heavy atom. The van der Waals surface area contributed by atoms with E-state index in [4.69, 9.17) is 8.83 Å². The van der Waals surface area contributed by atoms with Crippen LogP contribution in [-0.4, -0.2) is 9.13 Å². The second-order valence-electron chi connectivity index (χ2n) is 30.2. The maximum atomic E-state index is 7.36. The third-order valence-corrected chi connectivity index (χ3v) is 23.7. The molecule has 4 aromatic heterocycles. The second kappa shape index (κ2) is 27.2. The number of hydrogen-bond acceptors (Lipinski definition) is 4. The van der Waals surface area contributed by atoms with Gasteiger partial charge >= 0.3 is 0 Å². The molecule has 23 rings (SSSR count). The average molecular weight is 1480 g/mol. The van der Waals surface area contributed by atoms with Crippen LogP contribution in [-0.2, 0) is 0 Å². The zero-order chi connectivity index (χ0) is 76.3. The number of hydrogen-bond donors (Lipinski definition) is 0. The summed E-state index contributed by atoms with van der Waals surface area (Å²) in [5, 5.41) is 14.0. The van der Waals surface area contributed by atoms with Gasteiger partial charge in [-0.1, -0.05) is 291 Å². The molecule has 0 amide bonds. The maximum absolute atomic E-state index is 7.36. The van der Waals surface area contributed by atoms with Gasteiger partial charge in [-0.25, -0.2) is 0 Å². The summed E-state index contributed by atoms with van der Waals surface area (Å²) in [5.41, 5.74) is 29.7. The summed E-state index contributed by atoms with van der Waals surface area (Å²) in [6.07, 6.45) is 0. The Morgan fingerprint density at radius 1 is 0.181 bits per heavy atom. The maximum Gasteiger partial charge on any atom is 0.143 e. The minimum absolute atomic E-state index is 0.841. The minimum Gasteiger partial charge on any atom is -0.455 e. The zero-order valence-electron chi connectivity index (χ0n) is 63.0. The molecule has 19 aromatic carbocycles. The van der Waals surface area contributed by atoms with Gasteiger partial charge in [-0.3, -0.25) is 0 Å². The van der Waals surface area contributed by atoms with E-state index in [9.17, 15) is 0 Å². The number of aromatic nitrogens is 2. The fourth-order valence-electron chi connectivity index (χ4n) is 18.2. The summed E-state index contributed by atoms with van der Waals surface area (Å²) in [5.74, 6) is 0. The number of nitrogens with zero attached hydrogens (tertiary/aromatic N) is 4. The molecule has 0 fully saturated rings. The highest BCUT2D eigenvalue weighted by molar-refractivity contribution is 6.16. The van der Waals surface area contributed by atoms with Gasteiger partial charge in [-0.15, -0.1) is 0 Å². The fraction of sp³-hybridized carbons (Fsp3) is 0. The Hall–Kier alpha value is -15.5. The summed E-state index contributed by atoms with van der Waals surface area (Å²) in [6, 6.07) is 154. The van der Waals surface area contributed by atoms with E-state index in [2.05, 4.69) is 438 Å². The monoisotopic (exact) mass is 1480 g/mol. The van der Waals surface area contributed by atoms with Gasteiger partial charge in [0.15, 0.2) is 0 Å². The first kappa shape index (κ1) is 66.3. The van der Waals surface area contributed by atoms with Gasteiger partial charge in [0.05, 0.1) is 33.4 Å². The number of anilines is 6. The Morgan fingerprint density at radius 2 is 0.483 bits per heavy atom. The van der Waals surface area contributed by atoms with Crippen LogP contribution in [0.5, 0.6) is 0 Å². The number of fused-ring (bicyclic) bond motifs is 14. The molecular weight excluding hydrogens is 1410 g/mol. The molecule has 116 heavy (non-hydrogen) atoms. The third kappa shape index (κ3) is 11.0. The van der Waals surface area contributed by atoms with E-state index >= 15 is 0 Å². The van der Waals surface area contributed by atoms with E-state index < -0.39 is 0 Å². The SMILES string of the molecule is c1ccc(N(c2ccc(-c3ccc(-c4ccc5ccc(-c6cccc7c6oc6c(-c8ccccc8N(c8ccc(-c9ccc%10ccccc%10c9)cc8)c8ccc(-n9c%10ccccc%10c%10ccccc%109)cc8)cccc67)cc5c4)cc3)cc2)c2ccc(-n3c4ccccc4c4ccccc43)cc2)c(-c2cccc3c2oc2ccccc23)c1. The van der Waals surface area contributed by atoms with E-state index in [0.29, 0.717) is 0 Å². The number of rotatable bonds is 14. The molecule has 542 valence electrons. The first-order chi connectivity index (χ1) is 57.5. The van der Waals surface area contributed by atoms with Crippen molar-refractivity contribution in [2.24, 2.45) is 0 Å². The predicted octanol–water partition coefficient (Wildman–Crippen LogP) is 30.9. The summed E-state index contributed by atoms with van der Waals surface area (Å²) >= 11 is 0. The molecule has 0 spiro atoms. The molecule has 0 saturated heterocycles. The first-order valence-electron chi connectivity index (χ1n) is 39.7. The summed E-state index contributed by atoms with van der Waals surface area (Å²) in [6.45, 7) is 0. The highest BCUT2D eigenvalue weighted by Crippen LogP contribution is 2.50. The lowest BCUT2D eigenvalue weighted by Gasteiger charge is -2.28. The van der Waals surface area contributed by atoms with Crippen molar-refractivity contribution < 1.29 is 8.83 Å². The average Bonchev–Trinajstić information content (AvgIpc) is 1.78. The van der Waals surface area contributed by atoms with E-state index in [1.807, 2.05) is 6.07 Å². The van der Waals surface area contributed by atoms with Crippen molar-refractivity contribution in [2.75, 3.05) is 9.80 Å². The van der Waals surface area contributed by atoms with E-state index in [-0.39, 0.29) is 0 Å². The van der Waals surface area contributed by atoms with Gasteiger partial charge in [0.2, 0.25) is 0 Å². The Labute approximate surface area is 669 Å². The molecule has 0 radical (unpaired) electrons. The van der Waals surface area contributed by atoms with Crippen molar-refractivity contribution in [1.82, 2.24) is 9.13 Å². The molecule has 23 aromatic rings. The van der Waals surface area contributed by atoms with Gasteiger partial charge in [0, 0.05) is 105 Å². The number of furan rings is 2. The van der Waals surface area contributed by atoms with E-state index in [1.54, 1.807) is 0 Å². The van der Waals surface area contributed by atoms with Gasteiger partial charge in [-0.2, -0.15) is 0 Å². The Kier molecular flexibility index (Phi) is 15.5. The second-order valence-corrected chi connectivity index (χ2v) is 30.2. The molecule has 4 heterocycles. The molecule has 0 aliphatic carbocycles. The molecule has 0 bridgehead atoms. The van der Waals surface area contributed by atoms with Crippen molar-refractivity contribution in [3.05, 3.63) is 425 Å². The molecule has 0 aliphatic rings. The summed E-state index contributed by atoms with van der Waals surface area (Å²) < 4.78 is 18.8. The number of benzene rings is 19. The van der Waals surface area contributed by atoms with Gasteiger partial charge in [0.25, 0.3) is 0 Å².